The van der Waals surface area contributed by atoms with Gasteiger partial charge in [0.1, 0.15) is 0 Å². The molecule has 2 aromatic carbocycles. The van der Waals surface area contributed by atoms with Crippen molar-refractivity contribution >= 4 is 34.0 Å². The molecule has 2 nitrogen and oxygen atoms in total. The average molecular weight is 269 g/mol. The third-order valence-electron chi connectivity index (χ3n) is 3.38. The van der Waals surface area contributed by atoms with Gasteiger partial charge in [0.15, 0.2) is 5.78 Å². The quantitative estimate of drug-likeness (QED) is 0.762. The Labute approximate surface area is 117 Å². The summed E-state index contributed by atoms with van der Waals surface area (Å²) in [7, 11) is 2.03. The van der Waals surface area contributed by atoms with Crippen LogP contribution < -0.4 is 4.90 Å². The summed E-state index contributed by atoms with van der Waals surface area (Å²) in [4.78, 5) is 15.0. The lowest BCUT2D eigenvalue weighted by atomic mass is 10.1. The average Bonchev–Trinajstić information content (AvgIpc) is 2.76. The van der Waals surface area contributed by atoms with Crippen LogP contribution in [-0.4, -0.2) is 12.8 Å². The molecule has 0 aromatic heterocycles. The van der Waals surface area contributed by atoms with Gasteiger partial charge in [0.25, 0.3) is 0 Å². The highest BCUT2D eigenvalue weighted by Crippen LogP contribution is 2.48. The van der Waals surface area contributed by atoms with E-state index in [1.54, 1.807) is 17.8 Å². The van der Waals surface area contributed by atoms with E-state index >= 15 is 0 Å². The summed E-state index contributed by atoms with van der Waals surface area (Å²) < 4.78 is 0. The van der Waals surface area contributed by atoms with Gasteiger partial charge in [0.05, 0.1) is 10.7 Å². The molecular formula is C16H15NOS. The second-order valence-corrected chi connectivity index (χ2v) is 5.66. The van der Waals surface area contributed by atoms with E-state index in [2.05, 4.69) is 35.2 Å². The maximum Gasteiger partial charge on any atom is 0.158 e. The molecular weight excluding hydrogens is 254 g/mol. The molecule has 0 spiro atoms. The van der Waals surface area contributed by atoms with Crippen molar-refractivity contribution in [3.8, 4) is 0 Å². The Hall–Kier alpha value is -1.74. The first-order valence-electron chi connectivity index (χ1n) is 6.38. The summed E-state index contributed by atoms with van der Waals surface area (Å²) in [5.41, 5.74) is 1.21. The number of carbonyl (C=O) groups is 1. The smallest absolute Gasteiger partial charge is 0.158 e. The summed E-state index contributed by atoms with van der Waals surface area (Å²) in [6.45, 7) is 1.89. The minimum Gasteiger partial charge on any atom is -0.338 e. The molecule has 1 heterocycles. The zero-order valence-corrected chi connectivity index (χ0v) is 11.8. The van der Waals surface area contributed by atoms with Gasteiger partial charge in [0.2, 0.25) is 0 Å². The normalized spacial score (nSPS) is 16.1. The molecule has 1 aliphatic rings. The van der Waals surface area contributed by atoms with Crippen molar-refractivity contribution in [1.29, 1.82) is 0 Å². The van der Waals surface area contributed by atoms with E-state index in [1.807, 2.05) is 20.0 Å². The van der Waals surface area contributed by atoms with Crippen molar-refractivity contribution in [2.75, 3.05) is 11.9 Å². The van der Waals surface area contributed by atoms with Gasteiger partial charge >= 0.3 is 0 Å². The van der Waals surface area contributed by atoms with Crippen LogP contribution in [0.2, 0.25) is 0 Å². The predicted octanol–water partition coefficient (Wildman–Crippen LogP) is 4.20. The topological polar surface area (TPSA) is 20.3 Å². The number of rotatable bonds is 2. The van der Waals surface area contributed by atoms with Gasteiger partial charge in [-0.2, -0.15) is 0 Å². The summed E-state index contributed by atoms with van der Waals surface area (Å²) in [5, 5.41) is 3.48. The van der Waals surface area contributed by atoms with Gasteiger partial charge < -0.3 is 4.90 Å². The van der Waals surface area contributed by atoms with E-state index in [0.29, 0.717) is 6.42 Å². The Bertz CT molecular complexity index is 690. The Kier molecular flexibility index (Phi) is 3.07. The molecule has 3 rings (SSSR count). The fourth-order valence-corrected chi connectivity index (χ4v) is 3.44. The SMILES string of the molecule is CCC(=O)/C=C1\Sc2ccc3ccccc3c2N1C. The van der Waals surface area contributed by atoms with Gasteiger partial charge in [-0.25, -0.2) is 0 Å². The number of ketones is 1. The van der Waals surface area contributed by atoms with Crippen LogP contribution in [0.5, 0.6) is 0 Å². The molecule has 0 amide bonds. The monoisotopic (exact) mass is 269 g/mol. The largest absolute Gasteiger partial charge is 0.338 e. The van der Waals surface area contributed by atoms with E-state index < -0.39 is 0 Å². The highest BCUT2D eigenvalue weighted by atomic mass is 32.2. The lowest BCUT2D eigenvalue weighted by molar-refractivity contribution is -0.114. The third kappa shape index (κ3) is 2.04. The molecule has 0 unspecified atom stereocenters. The molecule has 3 heteroatoms. The Morgan fingerprint density at radius 3 is 2.84 bits per heavy atom. The number of carbonyl (C=O) groups excluding carboxylic acids is 1. The van der Waals surface area contributed by atoms with Gasteiger partial charge in [-0.1, -0.05) is 49.0 Å². The van der Waals surface area contributed by atoms with Crippen molar-refractivity contribution in [3.05, 3.63) is 47.5 Å². The molecule has 0 bridgehead atoms. The summed E-state index contributed by atoms with van der Waals surface area (Å²) in [5.74, 6) is 0.173. The second-order valence-electron chi connectivity index (χ2n) is 4.60. The number of thioether (sulfide) groups is 1. The fourth-order valence-electron chi connectivity index (χ4n) is 2.32. The zero-order chi connectivity index (χ0) is 13.4. The number of anilines is 1. The first-order chi connectivity index (χ1) is 9.20. The third-order valence-corrected chi connectivity index (χ3v) is 4.53. The molecule has 0 fully saturated rings. The van der Waals surface area contributed by atoms with Crippen molar-refractivity contribution in [1.82, 2.24) is 0 Å². The van der Waals surface area contributed by atoms with E-state index in [-0.39, 0.29) is 5.78 Å². The van der Waals surface area contributed by atoms with Crippen LogP contribution in [-0.2, 0) is 4.79 Å². The van der Waals surface area contributed by atoms with Crippen LogP contribution in [0.15, 0.2) is 52.4 Å². The van der Waals surface area contributed by atoms with Crippen molar-refractivity contribution < 1.29 is 4.79 Å². The summed E-state index contributed by atoms with van der Waals surface area (Å²) in [6.07, 6.45) is 2.30. The molecule has 96 valence electrons. The first kappa shape index (κ1) is 12.3. The standard InChI is InChI=1S/C16H15NOS/c1-3-12(18)10-15-17(2)16-13-7-5-4-6-11(13)8-9-14(16)19-15/h4-10H,3H2,1-2H3/b15-10-. The highest BCUT2D eigenvalue weighted by molar-refractivity contribution is 8.03. The number of nitrogens with zero attached hydrogens (tertiary/aromatic N) is 1. The molecule has 19 heavy (non-hydrogen) atoms. The number of hydrogen-bond acceptors (Lipinski definition) is 3. The fraction of sp³-hybridized carbons (Fsp3) is 0.188. The number of allylic oxidation sites excluding steroid dienone is 1. The van der Waals surface area contributed by atoms with Crippen molar-refractivity contribution in [3.63, 3.8) is 0 Å². The van der Waals surface area contributed by atoms with E-state index in [1.165, 1.54) is 21.4 Å². The summed E-state index contributed by atoms with van der Waals surface area (Å²) in [6, 6.07) is 12.6. The van der Waals surface area contributed by atoms with Crippen molar-refractivity contribution in [2.45, 2.75) is 18.2 Å². The molecule has 0 aliphatic carbocycles. The van der Waals surface area contributed by atoms with Crippen LogP contribution in [0.1, 0.15) is 13.3 Å². The van der Waals surface area contributed by atoms with Crippen LogP contribution >= 0.6 is 11.8 Å². The van der Waals surface area contributed by atoms with Crippen LogP contribution in [0, 0.1) is 0 Å². The Morgan fingerprint density at radius 2 is 2.05 bits per heavy atom. The van der Waals surface area contributed by atoms with Gasteiger partial charge in [-0.05, 0) is 11.5 Å². The molecule has 0 atom stereocenters. The van der Waals surface area contributed by atoms with Gasteiger partial charge in [0, 0.05) is 29.8 Å². The summed E-state index contributed by atoms with van der Waals surface area (Å²) >= 11 is 1.67. The number of fused-ring (bicyclic) bond motifs is 3. The minimum absolute atomic E-state index is 0.173. The molecule has 0 saturated carbocycles. The van der Waals surface area contributed by atoms with Crippen LogP contribution in [0.25, 0.3) is 10.8 Å². The molecule has 0 saturated heterocycles. The Balaban J connectivity index is 2.13. The second kappa shape index (κ2) is 4.74. The van der Waals surface area contributed by atoms with Gasteiger partial charge in [-0.15, -0.1) is 0 Å². The lowest BCUT2D eigenvalue weighted by Crippen LogP contribution is -2.11. The van der Waals surface area contributed by atoms with Crippen molar-refractivity contribution in [2.24, 2.45) is 0 Å². The van der Waals surface area contributed by atoms with E-state index in [9.17, 15) is 4.79 Å². The molecule has 0 radical (unpaired) electrons. The van der Waals surface area contributed by atoms with Crippen LogP contribution in [0.4, 0.5) is 5.69 Å². The maximum absolute atomic E-state index is 11.6. The molecule has 0 N–H and O–H groups in total. The zero-order valence-electron chi connectivity index (χ0n) is 11.0. The van der Waals surface area contributed by atoms with E-state index in [4.69, 9.17) is 0 Å². The van der Waals surface area contributed by atoms with Gasteiger partial charge in [-0.3, -0.25) is 4.79 Å². The minimum atomic E-state index is 0.173. The molecule has 2 aromatic rings. The number of benzene rings is 2. The number of hydrogen-bond donors (Lipinski definition) is 0. The van der Waals surface area contributed by atoms with Crippen LogP contribution in [0.3, 0.4) is 0 Å². The lowest BCUT2D eigenvalue weighted by Gasteiger charge is -2.15. The maximum atomic E-state index is 11.6. The first-order valence-corrected chi connectivity index (χ1v) is 7.20. The predicted molar refractivity (Wildman–Crippen MR) is 81.6 cm³/mol. The van der Waals surface area contributed by atoms with E-state index in [0.717, 1.165) is 5.03 Å². The Morgan fingerprint density at radius 1 is 1.26 bits per heavy atom. The molecule has 1 aliphatic heterocycles. The highest BCUT2D eigenvalue weighted by Gasteiger charge is 2.24.